The maximum Gasteiger partial charge on any atom is 0.488 e. The molecule has 1 heterocycles. The van der Waals surface area contributed by atoms with E-state index in [0.717, 1.165) is 5.56 Å². The van der Waals surface area contributed by atoms with Crippen molar-refractivity contribution < 1.29 is 10.0 Å². The lowest BCUT2D eigenvalue weighted by Crippen LogP contribution is -2.29. The first-order valence-electron chi connectivity index (χ1n) is 6.88. The minimum absolute atomic E-state index is 0.400. The number of rotatable bonds is 3. The molecule has 0 fully saturated rings. The molecule has 2 aromatic carbocycles. The second kappa shape index (κ2) is 6.05. The minimum atomic E-state index is -1.52. The van der Waals surface area contributed by atoms with Crippen LogP contribution in [0, 0.1) is 6.92 Å². The molecule has 1 aromatic heterocycles. The Balaban J connectivity index is 2.08. The van der Waals surface area contributed by atoms with Crippen LogP contribution in [-0.2, 0) is 0 Å². The second-order valence-electron chi connectivity index (χ2n) is 4.89. The molecule has 0 aliphatic rings. The zero-order chi connectivity index (χ0) is 15.5. The van der Waals surface area contributed by atoms with Gasteiger partial charge < -0.3 is 10.0 Å². The molecule has 0 spiro atoms. The second-order valence-corrected chi connectivity index (χ2v) is 4.89. The molecule has 0 bridgehead atoms. The summed E-state index contributed by atoms with van der Waals surface area (Å²) in [6.07, 6.45) is 0. The van der Waals surface area contributed by atoms with Crippen LogP contribution < -0.4 is 5.46 Å². The molecule has 0 saturated carbocycles. The smallest absolute Gasteiger partial charge is 0.423 e. The molecular formula is C16H14BN3O2. The average molecular weight is 291 g/mol. The van der Waals surface area contributed by atoms with Crippen LogP contribution in [0.15, 0.2) is 54.6 Å². The molecule has 0 aliphatic heterocycles. The number of aryl methyl sites for hydroxylation is 1. The summed E-state index contributed by atoms with van der Waals surface area (Å²) in [5, 5.41) is 18.6. The first-order valence-corrected chi connectivity index (χ1v) is 6.88. The summed E-state index contributed by atoms with van der Waals surface area (Å²) in [7, 11) is -1.52. The van der Waals surface area contributed by atoms with Crippen LogP contribution >= 0.6 is 0 Å². The van der Waals surface area contributed by atoms with Crippen molar-refractivity contribution in [3.05, 3.63) is 60.4 Å². The summed E-state index contributed by atoms with van der Waals surface area (Å²) < 4.78 is 0. The SMILES string of the molecule is Cc1nc(-c2ccccc2)nc(-c2cccc(B(O)O)c2)n1. The summed E-state index contributed by atoms with van der Waals surface area (Å²) in [6, 6.07) is 16.5. The first-order chi connectivity index (χ1) is 10.6. The maximum absolute atomic E-state index is 9.28. The van der Waals surface area contributed by atoms with E-state index < -0.39 is 7.12 Å². The molecule has 22 heavy (non-hydrogen) atoms. The van der Waals surface area contributed by atoms with Crippen molar-refractivity contribution in [2.24, 2.45) is 0 Å². The van der Waals surface area contributed by atoms with E-state index in [1.54, 1.807) is 18.2 Å². The predicted octanol–water partition coefficient (Wildman–Crippen LogP) is 1.19. The Morgan fingerprint density at radius 2 is 1.41 bits per heavy atom. The number of hydrogen-bond donors (Lipinski definition) is 2. The topological polar surface area (TPSA) is 79.1 Å². The van der Waals surface area contributed by atoms with E-state index in [1.807, 2.05) is 43.3 Å². The van der Waals surface area contributed by atoms with Gasteiger partial charge in [0.05, 0.1) is 0 Å². The van der Waals surface area contributed by atoms with Crippen LogP contribution in [-0.4, -0.2) is 32.1 Å². The maximum atomic E-state index is 9.28. The fourth-order valence-electron chi connectivity index (χ4n) is 2.17. The van der Waals surface area contributed by atoms with E-state index in [4.69, 9.17) is 0 Å². The van der Waals surface area contributed by atoms with Crippen LogP contribution in [0.4, 0.5) is 0 Å². The third-order valence-electron chi connectivity index (χ3n) is 3.22. The Labute approximate surface area is 128 Å². The number of benzene rings is 2. The van der Waals surface area contributed by atoms with Gasteiger partial charge in [-0.3, -0.25) is 0 Å². The fraction of sp³-hybridized carbons (Fsp3) is 0.0625. The van der Waals surface area contributed by atoms with Gasteiger partial charge in [-0.05, 0) is 12.4 Å². The molecule has 0 unspecified atom stereocenters. The molecular weight excluding hydrogens is 277 g/mol. The summed E-state index contributed by atoms with van der Waals surface area (Å²) in [5.41, 5.74) is 2.03. The van der Waals surface area contributed by atoms with Gasteiger partial charge in [0.2, 0.25) is 0 Å². The Hall–Kier alpha value is -2.57. The highest BCUT2D eigenvalue weighted by molar-refractivity contribution is 6.58. The number of aromatic nitrogens is 3. The van der Waals surface area contributed by atoms with E-state index in [0.29, 0.717) is 28.5 Å². The van der Waals surface area contributed by atoms with Gasteiger partial charge in [-0.2, -0.15) is 0 Å². The van der Waals surface area contributed by atoms with Gasteiger partial charge in [0.15, 0.2) is 11.6 Å². The molecule has 0 saturated heterocycles. The highest BCUT2D eigenvalue weighted by Gasteiger charge is 2.13. The zero-order valence-corrected chi connectivity index (χ0v) is 12.0. The van der Waals surface area contributed by atoms with Crippen molar-refractivity contribution in [2.45, 2.75) is 6.92 Å². The summed E-state index contributed by atoms with van der Waals surface area (Å²) in [4.78, 5) is 13.2. The molecule has 3 aromatic rings. The minimum Gasteiger partial charge on any atom is -0.423 e. The van der Waals surface area contributed by atoms with Crippen molar-refractivity contribution >= 4 is 12.6 Å². The van der Waals surface area contributed by atoms with E-state index in [1.165, 1.54) is 0 Å². The largest absolute Gasteiger partial charge is 0.488 e. The Morgan fingerprint density at radius 1 is 0.773 bits per heavy atom. The van der Waals surface area contributed by atoms with Crippen LogP contribution in [0.1, 0.15) is 5.82 Å². The predicted molar refractivity (Wildman–Crippen MR) is 85.3 cm³/mol. The number of hydrogen-bond acceptors (Lipinski definition) is 5. The van der Waals surface area contributed by atoms with Crippen LogP contribution in [0.3, 0.4) is 0 Å². The lowest BCUT2D eigenvalue weighted by atomic mass is 9.79. The molecule has 0 aliphatic carbocycles. The lowest BCUT2D eigenvalue weighted by Gasteiger charge is -2.07. The fourth-order valence-corrected chi connectivity index (χ4v) is 2.17. The Bertz CT molecular complexity index is 794. The van der Waals surface area contributed by atoms with Crippen LogP contribution in [0.5, 0.6) is 0 Å². The van der Waals surface area contributed by atoms with Crippen molar-refractivity contribution in [3.63, 3.8) is 0 Å². The molecule has 0 atom stereocenters. The van der Waals surface area contributed by atoms with Crippen LogP contribution in [0.25, 0.3) is 22.8 Å². The molecule has 6 heteroatoms. The molecule has 0 amide bonds. The molecule has 108 valence electrons. The quantitative estimate of drug-likeness (QED) is 0.709. The van der Waals surface area contributed by atoms with Gasteiger partial charge in [0.1, 0.15) is 5.82 Å². The van der Waals surface area contributed by atoms with E-state index >= 15 is 0 Å². The molecule has 5 nitrogen and oxygen atoms in total. The standard InChI is InChI=1S/C16H14BN3O2/c1-11-18-15(12-6-3-2-4-7-12)20-16(19-11)13-8-5-9-14(10-13)17(21)22/h2-10,21-22H,1H3. The summed E-state index contributed by atoms with van der Waals surface area (Å²) in [5.74, 6) is 1.71. The third kappa shape index (κ3) is 3.03. The molecule has 2 N–H and O–H groups in total. The molecule has 0 radical (unpaired) electrons. The highest BCUT2D eigenvalue weighted by Crippen LogP contribution is 2.19. The van der Waals surface area contributed by atoms with Gasteiger partial charge in [0.25, 0.3) is 0 Å². The zero-order valence-electron chi connectivity index (χ0n) is 12.0. The van der Waals surface area contributed by atoms with E-state index in [2.05, 4.69) is 15.0 Å². The van der Waals surface area contributed by atoms with Crippen molar-refractivity contribution in [2.75, 3.05) is 0 Å². The van der Waals surface area contributed by atoms with Gasteiger partial charge >= 0.3 is 7.12 Å². The molecule has 3 rings (SSSR count). The Morgan fingerprint density at radius 3 is 2.09 bits per heavy atom. The van der Waals surface area contributed by atoms with Gasteiger partial charge in [-0.25, -0.2) is 15.0 Å². The normalized spacial score (nSPS) is 10.5. The average Bonchev–Trinajstić information content (AvgIpc) is 2.55. The first kappa shape index (κ1) is 14.4. The van der Waals surface area contributed by atoms with E-state index in [-0.39, 0.29) is 0 Å². The summed E-state index contributed by atoms with van der Waals surface area (Å²) >= 11 is 0. The highest BCUT2D eigenvalue weighted by atomic mass is 16.4. The van der Waals surface area contributed by atoms with Gasteiger partial charge in [0, 0.05) is 11.1 Å². The van der Waals surface area contributed by atoms with Gasteiger partial charge in [-0.1, -0.05) is 54.6 Å². The van der Waals surface area contributed by atoms with Crippen LogP contribution in [0.2, 0.25) is 0 Å². The lowest BCUT2D eigenvalue weighted by molar-refractivity contribution is 0.426. The van der Waals surface area contributed by atoms with E-state index in [9.17, 15) is 10.0 Å². The van der Waals surface area contributed by atoms with Crippen molar-refractivity contribution in [1.29, 1.82) is 0 Å². The Kier molecular flexibility index (Phi) is 3.95. The monoisotopic (exact) mass is 291 g/mol. The van der Waals surface area contributed by atoms with Crippen molar-refractivity contribution in [3.8, 4) is 22.8 Å². The number of nitrogens with zero attached hydrogens (tertiary/aromatic N) is 3. The van der Waals surface area contributed by atoms with Gasteiger partial charge in [-0.15, -0.1) is 0 Å². The third-order valence-corrected chi connectivity index (χ3v) is 3.22. The van der Waals surface area contributed by atoms with Crippen molar-refractivity contribution in [1.82, 2.24) is 15.0 Å². The summed E-state index contributed by atoms with van der Waals surface area (Å²) in [6.45, 7) is 1.81.